The first kappa shape index (κ1) is 12.0. The number of rotatable bonds is 4. The van der Waals surface area contributed by atoms with Crippen LogP contribution in [0, 0.1) is 0 Å². The van der Waals surface area contributed by atoms with Crippen molar-refractivity contribution in [1.29, 1.82) is 0 Å². The number of carboxylic acid groups (broad SMARTS) is 1. The molecule has 0 aliphatic heterocycles. The fraction of sp³-hybridized carbons (Fsp3) is 0.364. The molecule has 0 amide bonds. The van der Waals surface area contributed by atoms with E-state index in [1.807, 2.05) is 6.92 Å². The second kappa shape index (κ2) is 5.16. The molecule has 15 heavy (non-hydrogen) atoms. The number of halogens is 1. The number of carbonyl (C=O) groups is 1. The molecule has 1 aromatic rings. The Morgan fingerprint density at radius 2 is 2.27 bits per heavy atom. The van der Waals surface area contributed by atoms with E-state index in [2.05, 4.69) is 15.9 Å². The summed E-state index contributed by atoms with van der Waals surface area (Å²) in [6.07, 6.45) is 0.557. The van der Waals surface area contributed by atoms with Crippen LogP contribution in [-0.4, -0.2) is 18.2 Å². The van der Waals surface area contributed by atoms with E-state index in [-0.39, 0.29) is 0 Å². The monoisotopic (exact) mass is 272 g/mol. The van der Waals surface area contributed by atoms with Gasteiger partial charge in [-0.15, -0.1) is 0 Å². The van der Waals surface area contributed by atoms with Crippen LogP contribution in [0.2, 0.25) is 0 Å². The maximum Gasteiger partial charge on any atom is 0.311 e. The molecule has 4 heteroatoms. The Balaban J connectivity index is 3.15. The third-order valence-corrected chi connectivity index (χ3v) is 3.01. The Hall–Kier alpha value is -1.03. The van der Waals surface area contributed by atoms with Crippen molar-refractivity contribution in [2.45, 2.75) is 19.3 Å². The Morgan fingerprint density at radius 1 is 1.60 bits per heavy atom. The summed E-state index contributed by atoms with van der Waals surface area (Å²) in [6, 6.07) is 5.36. The highest BCUT2D eigenvalue weighted by Gasteiger charge is 2.20. The van der Waals surface area contributed by atoms with Gasteiger partial charge in [-0.2, -0.15) is 0 Å². The van der Waals surface area contributed by atoms with E-state index >= 15 is 0 Å². The van der Waals surface area contributed by atoms with Crippen molar-refractivity contribution in [3.63, 3.8) is 0 Å². The SMILES string of the molecule is CCC(C(=O)O)c1cc(OC)ccc1Br. The van der Waals surface area contributed by atoms with Crippen molar-refractivity contribution in [1.82, 2.24) is 0 Å². The van der Waals surface area contributed by atoms with Gasteiger partial charge < -0.3 is 9.84 Å². The van der Waals surface area contributed by atoms with E-state index in [9.17, 15) is 4.79 Å². The van der Waals surface area contributed by atoms with E-state index in [0.717, 1.165) is 10.0 Å². The van der Waals surface area contributed by atoms with Crippen LogP contribution in [0.5, 0.6) is 5.75 Å². The van der Waals surface area contributed by atoms with Crippen molar-refractivity contribution in [3.05, 3.63) is 28.2 Å². The summed E-state index contributed by atoms with van der Waals surface area (Å²) in [7, 11) is 1.56. The lowest BCUT2D eigenvalue weighted by Crippen LogP contribution is -2.11. The van der Waals surface area contributed by atoms with Crippen LogP contribution in [0.1, 0.15) is 24.8 Å². The van der Waals surface area contributed by atoms with Gasteiger partial charge in [0.1, 0.15) is 5.75 Å². The first-order valence-electron chi connectivity index (χ1n) is 4.66. The van der Waals surface area contributed by atoms with Crippen LogP contribution in [0.15, 0.2) is 22.7 Å². The molecule has 1 aromatic carbocycles. The van der Waals surface area contributed by atoms with Gasteiger partial charge in [0.2, 0.25) is 0 Å². The zero-order chi connectivity index (χ0) is 11.4. The molecule has 0 radical (unpaired) electrons. The molecule has 0 aromatic heterocycles. The molecule has 0 heterocycles. The summed E-state index contributed by atoms with van der Waals surface area (Å²) in [6.45, 7) is 1.85. The summed E-state index contributed by atoms with van der Waals surface area (Å²) >= 11 is 3.35. The number of aliphatic carboxylic acids is 1. The van der Waals surface area contributed by atoms with Crippen molar-refractivity contribution >= 4 is 21.9 Å². The molecule has 0 saturated heterocycles. The van der Waals surface area contributed by atoms with Gasteiger partial charge in [0.25, 0.3) is 0 Å². The predicted octanol–water partition coefficient (Wildman–Crippen LogP) is 3.04. The van der Waals surface area contributed by atoms with Crippen LogP contribution >= 0.6 is 15.9 Å². The Bertz CT molecular complexity index is 363. The minimum absolute atomic E-state index is 0.491. The molecule has 1 N–H and O–H groups in total. The summed E-state index contributed by atoms with van der Waals surface area (Å²) in [5, 5.41) is 9.05. The Kier molecular flexibility index (Phi) is 4.15. The molecule has 3 nitrogen and oxygen atoms in total. The van der Waals surface area contributed by atoms with E-state index in [1.165, 1.54) is 0 Å². The molecule has 1 unspecified atom stereocenters. The fourth-order valence-corrected chi connectivity index (χ4v) is 1.97. The third-order valence-electron chi connectivity index (χ3n) is 2.28. The van der Waals surface area contributed by atoms with Crippen molar-refractivity contribution in [2.75, 3.05) is 7.11 Å². The second-order valence-corrected chi connectivity index (χ2v) is 4.04. The van der Waals surface area contributed by atoms with Gasteiger partial charge in [0.05, 0.1) is 13.0 Å². The minimum atomic E-state index is -0.813. The summed E-state index contributed by atoms with van der Waals surface area (Å²) < 4.78 is 5.87. The molecule has 0 fully saturated rings. The van der Waals surface area contributed by atoms with E-state index in [1.54, 1.807) is 25.3 Å². The lowest BCUT2D eigenvalue weighted by atomic mass is 9.96. The largest absolute Gasteiger partial charge is 0.497 e. The molecule has 0 aliphatic rings. The van der Waals surface area contributed by atoms with E-state index in [0.29, 0.717) is 12.2 Å². The lowest BCUT2D eigenvalue weighted by Gasteiger charge is -2.13. The lowest BCUT2D eigenvalue weighted by molar-refractivity contribution is -0.138. The molecule has 1 rings (SSSR count). The molecule has 1 atom stereocenters. The van der Waals surface area contributed by atoms with Crippen LogP contribution in [-0.2, 0) is 4.79 Å². The fourth-order valence-electron chi connectivity index (χ4n) is 1.44. The number of methoxy groups -OCH3 is 1. The van der Waals surface area contributed by atoms with Crippen LogP contribution in [0.25, 0.3) is 0 Å². The van der Waals surface area contributed by atoms with Gasteiger partial charge in [0, 0.05) is 4.47 Å². The average molecular weight is 273 g/mol. The first-order chi connectivity index (χ1) is 7.10. The van der Waals surface area contributed by atoms with Crippen LogP contribution < -0.4 is 4.74 Å². The summed E-state index contributed by atoms with van der Waals surface area (Å²) in [5.74, 6) is -0.631. The number of hydrogen-bond acceptors (Lipinski definition) is 2. The Morgan fingerprint density at radius 3 is 2.73 bits per heavy atom. The van der Waals surface area contributed by atoms with Gasteiger partial charge >= 0.3 is 5.97 Å². The van der Waals surface area contributed by atoms with Gasteiger partial charge in [-0.25, -0.2) is 0 Å². The molecular weight excluding hydrogens is 260 g/mol. The molecular formula is C11H13BrO3. The zero-order valence-electron chi connectivity index (χ0n) is 8.66. The normalized spacial score (nSPS) is 12.2. The summed E-state index contributed by atoms with van der Waals surface area (Å²) in [4.78, 5) is 11.0. The van der Waals surface area contributed by atoms with Gasteiger partial charge in [-0.05, 0) is 30.2 Å². The average Bonchev–Trinajstić information content (AvgIpc) is 2.21. The van der Waals surface area contributed by atoms with Crippen molar-refractivity contribution < 1.29 is 14.6 Å². The number of benzene rings is 1. The molecule has 82 valence electrons. The standard InChI is InChI=1S/C11H13BrO3/c1-3-8(11(13)14)9-6-7(15-2)4-5-10(9)12/h4-6,8H,3H2,1-2H3,(H,13,14). The number of carboxylic acids is 1. The third kappa shape index (κ3) is 2.72. The number of ether oxygens (including phenoxy) is 1. The topological polar surface area (TPSA) is 46.5 Å². The quantitative estimate of drug-likeness (QED) is 0.917. The highest BCUT2D eigenvalue weighted by molar-refractivity contribution is 9.10. The van der Waals surface area contributed by atoms with Crippen LogP contribution in [0.4, 0.5) is 0 Å². The smallest absolute Gasteiger partial charge is 0.311 e. The number of hydrogen-bond donors (Lipinski definition) is 1. The Labute approximate surface area is 97.2 Å². The van der Waals surface area contributed by atoms with Crippen molar-refractivity contribution in [2.24, 2.45) is 0 Å². The summed E-state index contributed by atoms with van der Waals surface area (Å²) in [5.41, 5.74) is 0.754. The van der Waals surface area contributed by atoms with Crippen molar-refractivity contribution in [3.8, 4) is 5.75 Å². The molecule has 0 aliphatic carbocycles. The maximum atomic E-state index is 11.0. The van der Waals surface area contributed by atoms with Gasteiger partial charge in [0.15, 0.2) is 0 Å². The van der Waals surface area contributed by atoms with Gasteiger partial charge in [-0.1, -0.05) is 22.9 Å². The van der Waals surface area contributed by atoms with E-state index in [4.69, 9.17) is 9.84 Å². The maximum absolute atomic E-state index is 11.0. The minimum Gasteiger partial charge on any atom is -0.497 e. The van der Waals surface area contributed by atoms with E-state index < -0.39 is 11.9 Å². The highest BCUT2D eigenvalue weighted by atomic mass is 79.9. The van der Waals surface area contributed by atoms with Gasteiger partial charge in [-0.3, -0.25) is 4.79 Å². The second-order valence-electron chi connectivity index (χ2n) is 3.19. The zero-order valence-corrected chi connectivity index (χ0v) is 10.2. The predicted molar refractivity (Wildman–Crippen MR) is 61.4 cm³/mol. The molecule has 0 saturated carbocycles. The van der Waals surface area contributed by atoms with Crippen LogP contribution in [0.3, 0.4) is 0 Å². The first-order valence-corrected chi connectivity index (χ1v) is 5.45. The molecule has 0 bridgehead atoms. The highest BCUT2D eigenvalue weighted by Crippen LogP contribution is 2.30. The molecule has 0 spiro atoms.